The number of anilines is 2. The molecule has 1 unspecified atom stereocenters. The van der Waals surface area contributed by atoms with E-state index in [4.69, 9.17) is 4.74 Å². The number of nitrogens with one attached hydrogen (secondary N) is 2. The number of ether oxygens (including phenoxy) is 1. The van der Waals surface area contributed by atoms with Crippen molar-refractivity contribution >= 4 is 11.8 Å². The molecular formula is C18H24N4O. The van der Waals surface area contributed by atoms with Crippen LogP contribution in [0.4, 0.5) is 11.8 Å². The molecule has 122 valence electrons. The molecule has 0 amide bonds. The van der Waals surface area contributed by atoms with Gasteiger partial charge in [0.25, 0.3) is 0 Å². The lowest BCUT2D eigenvalue weighted by Crippen LogP contribution is -2.19. The first-order valence-corrected chi connectivity index (χ1v) is 8.28. The predicted octanol–water partition coefficient (Wildman–Crippen LogP) is 3.03. The van der Waals surface area contributed by atoms with Gasteiger partial charge in [0, 0.05) is 31.5 Å². The van der Waals surface area contributed by atoms with E-state index in [1.165, 1.54) is 5.56 Å². The highest BCUT2D eigenvalue weighted by Gasteiger charge is 2.15. The van der Waals surface area contributed by atoms with Crippen LogP contribution < -0.4 is 10.6 Å². The highest BCUT2D eigenvalue weighted by atomic mass is 16.5. The molecule has 23 heavy (non-hydrogen) atoms. The van der Waals surface area contributed by atoms with Gasteiger partial charge in [0.05, 0.1) is 6.10 Å². The monoisotopic (exact) mass is 312 g/mol. The van der Waals surface area contributed by atoms with E-state index in [2.05, 4.69) is 44.9 Å². The molecule has 0 saturated carbocycles. The minimum absolute atomic E-state index is 0.305. The van der Waals surface area contributed by atoms with E-state index in [1.807, 2.05) is 19.1 Å². The van der Waals surface area contributed by atoms with Crippen LogP contribution in [0, 0.1) is 6.92 Å². The molecule has 1 aliphatic heterocycles. The lowest BCUT2D eigenvalue weighted by atomic mass is 10.1. The first-order valence-electron chi connectivity index (χ1n) is 8.28. The number of nitrogens with zero attached hydrogens (tertiary/aromatic N) is 2. The maximum atomic E-state index is 5.63. The zero-order valence-corrected chi connectivity index (χ0v) is 13.6. The van der Waals surface area contributed by atoms with Gasteiger partial charge in [-0.2, -0.15) is 4.98 Å². The highest BCUT2D eigenvalue weighted by Crippen LogP contribution is 2.14. The summed E-state index contributed by atoms with van der Waals surface area (Å²) >= 11 is 0. The number of aromatic nitrogens is 2. The zero-order chi connectivity index (χ0) is 15.9. The Hall–Kier alpha value is -2.14. The number of rotatable bonds is 7. The largest absolute Gasteiger partial charge is 0.376 e. The molecule has 0 radical (unpaired) electrons. The minimum atomic E-state index is 0.305. The summed E-state index contributed by atoms with van der Waals surface area (Å²) in [6.07, 6.45) is 3.54. The van der Waals surface area contributed by atoms with Gasteiger partial charge >= 0.3 is 0 Å². The highest BCUT2D eigenvalue weighted by molar-refractivity contribution is 5.42. The van der Waals surface area contributed by atoms with Crippen molar-refractivity contribution in [3.63, 3.8) is 0 Å². The fourth-order valence-electron chi connectivity index (χ4n) is 2.73. The third kappa shape index (κ3) is 4.93. The van der Waals surface area contributed by atoms with Crippen molar-refractivity contribution in [1.29, 1.82) is 0 Å². The van der Waals surface area contributed by atoms with Gasteiger partial charge in [-0.05, 0) is 31.7 Å². The summed E-state index contributed by atoms with van der Waals surface area (Å²) in [4.78, 5) is 8.99. The standard InChI is InChI=1S/C18H24N4O/c1-14-12-17(20-13-16-8-5-11-23-16)22-18(21-14)19-10-9-15-6-3-2-4-7-15/h2-4,6-7,12,16H,5,8-11,13H2,1H3,(H2,19,20,21,22). The first kappa shape index (κ1) is 15.7. The smallest absolute Gasteiger partial charge is 0.224 e. The van der Waals surface area contributed by atoms with Crippen LogP contribution in [0.15, 0.2) is 36.4 Å². The lowest BCUT2D eigenvalue weighted by molar-refractivity contribution is 0.120. The fraction of sp³-hybridized carbons (Fsp3) is 0.444. The number of hydrogen-bond acceptors (Lipinski definition) is 5. The van der Waals surface area contributed by atoms with Crippen molar-refractivity contribution in [2.75, 3.05) is 30.3 Å². The summed E-state index contributed by atoms with van der Waals surface area (Å²) in [6.45, 7) is 4.49. The van der Waals surface area contributed by atoms with Gasteiger partial charge in [-0.1, -0.05) is 30.3 Å². The van der Waals surface area contributed by atoms with Gasteiger partial charge < -0.3 is 15.4 Å². The van der Waals surface area contributed by atoms with E-state index >= 15 is 0 Å². The van der Waals surface area contributed by atoms with Crippen LogP contribution in [0.25, 0.3) is 0 Å². The second-order valence-corrected chi connectivity index (χ2v) is 5.90. The summed E-state index contributed by atoms with van der Waals surface area (Å²) in [5.74, 6) is 1.53. The van der Waals surface area contributed by atoms with Crippen molar-refractivity contribution in [3.05, 3.63) is 47.7 Å². The Morgan fingerprint density at radius 2 is 2.04 bits per heavy atom. The quantitative estimate of drug-likeness (QED) is 0.823. The van der Waals surface area contributed by atoms with Crippen LogP contribution in [0.1, 0.15) is 24.1 Å². The molecule has 0 spiro atoms. The number of benzene rings is 1. The topological polar surface area (TPSA) is 59.1 Å². The lowest BCUT2D eigenvalue weighted by Gasteiger charge is -2.13. The molecule has 1 atom stereocenters. The minimum Gasteiger partial charge on any atom is -0.376 e. The van der Waals surface area contributed by atoms with Crippen molar-refractivity contribution in [1.82, 2.24) is 9.97 Å². The Morgan fingerprint density at radius 3 is 2.83 bits per heavy atom. The van der Waals surface area contributed by atoms with Crippen LogP contribution in [0.3, 0.4) is 0 Å². The van der Waals surface area contributed by atoms with Gasteiger partial charge in [-0.15, -0.1) is 0 Å². The van der Waals surface area contributed by atoms with Gasteiger partial charge in [-0.25, -0.2) is 4.98 Å². The molecule has 1 fully saturated rings. The Balaban J connectivity index is 1.52. The molecule has 2 heterocycles. The average molecular weight is 312 g/mol. The third-order valence-corrected chi connectivity index (χ3v) is 3.93. The molecule has 0 bridgehead atoms. The Bertz CT molecular complexity index is 612. The summed E-state index contributed by atoms with van der Waals surface area (Å²) in [5.41, 5.74) is 2.27. The van der Waals surface area contributed by atoms with Crippen LogP contribution in [0.2, 0.25) is 0 Å². The van der Waals surface area contributed by atoms with E-state index in [-0.39, 0.29) is 0 Å². The van der Waals surface area contributed by atoms with Gasteiger partial charge in [0.15, 0.2) is 0 Å². The van der Waals surface area contributed by atoms with E-state index in [1.54, 1.807) is 0 Å². The van der Waals surface area contributed by atoms with Crippen LogP contribution in [0.5, 0.6) is 0 Å². The first-order chi connectivity index (χ1) is 11.3. The van der Waals surface area contributed by atoms with Crippen molar-refractivity contribution in [3.8, 4) is 0 Å². The Labute approximate surface area is 137 Å². The van der Waals surface area contributed by atoms with E-state index < -0.39 is 0 Å². The summed E-state index contributed by atoms with van der Waals surface area (Å²) in [7, 11) is 0. The average Bonchev–Trinajstić information content (AvgIpc) is 3.07. The molecular weight excluding hydrogens is 288 g/mol. The molecule has 1 aliphatic rings. The van der Waals surface area contributed by atoms with E-state index in [9.17, 15) is 0 Å². The molecule has 2 aromatic rings. The van der Waals surface area contributed by atoms with Crippen molar-refractivity contribution in [2.45, 2.75) is 32.3 Å². The zero-order valence-electron chi connectivity index (χ0n) is 13.6. The Kier molecular flexibility index (Phi) is 5.42. The maximum Gasteiger partial charge on any atom is 0.224 e. The maximum absolute atomic E-state index is 5.63. The fourth-order valence-corrected chi connectivity index (χ4v) is 2.73. The van der Waals surface area contributed by atoms with Crippen LogP contribution >= 0.6 is 0 Å². The summed E-state index contributed by atoms with van der Waals surface area (Å²) < 4.78 is 5.63. The van der Waals surface area contributed by atoms with Crippen LogP contribution in [-0.2, 0) is 11.2 Å². The van der Waals surface area contributed by atoms with Crippen molar-refractivity contribution in [2.24, 2.45) is 0 Å². The molecule has 0 aliphatic carbocycles. The Morgan fingerprint density at radius 1 is 1.17 bits per heavy atom. The molecule has 3 rings (SSSR count). The summed E-state index contributed by atoms with van der Waals surface area (Å²) in [5, 5.41) is 6.67. The molecule has 1 aromatic heterocycles. The molecule has 1 saturated heterocycles. The summed E-state index contributed by atoms with van der Waals surface area (Å²) in [6, 6.07) is 12.4. The van der Waals surface area contributed by atoms with E-state index in [0.29, 0.717) is 12.1 Å². The normalized spacial score (nSPS) is 17.2. The second-order valence-electron chi connectivity index (χ2n) is 5.90. The van der Waals surface area contributed by atoms with Crippen LogP contribution in [-0.4, -0.2) is 35.8 Å². The third-order valence-electron chi connectivity index (χ3n) is 3.93. The molecule has 2 N–H and O–H groups in total. The molecule has 5 heteroatoms. The van der Waals surface area contributed by atoms with Crippen molar-refractivity contribution < 1.29 is 4.74 Å². The SMILES string of the molecule is Cc1cc(NCC2CCCO2)nc(NCCc2ccccc2)n1. The molecule has 1 aromatic carbocycles. The van der Waals surface area contributed by atoms with Gasteiger partial charge in [0.2, 0.25) is 5.95 Å². The van der Waals surface area contributed by atoms with Gasteiger partial charge in [-0.3, -0.25) is 0 Å². The number of hydrogen-bond donors (Lipinski definition) is 2. The second kappa shape index (κ2) is 7.92. The predicted molar refractivity (Wildman–Crippen MR) is 92.9 cm³/mol. The molecule has 5 nitrogen and oxygen atoms in total. The number of aryl methyl sites for hydroxylation is 1. The van der Waals surface area contributed by atoms with Gasteiger partial charge in [0.1, 0.15) is 5.82 Å². The van der Waals surface area contributed by atoms with E-state index in [0.717, 1.165) is 50.5 Å².